The molecule has 0 bridgehead atoms. The maximum atomic E-state index is 13.9. The Kier molecular flexibility index (Phi) is 7.46. The number of benzene rings is 4. The van der Waals surface area contributed by atoms with E-state index in [0.29, 0.717) is 27.8 Å². The van der Waals surface area contributed by atoms with Crippen LogP contribution in [0.15, 0.2) is 77.7 Å². The van der Waals surface area contributed by atoms with Gasteiger partial charge in [-0.05, 0) is 43.7 Å². The van der Waals surface area contributed by atoms with E-state index in [0.717, 1.165) is 17.0 Å². The Balaban J connectivity index is 1.43. The van der Waals surface area contributed by atoms with Gasteiger partial charge in [0.15, 0.2) is 0 Å². The van der Waals surface area contributed by atoms with Gasteiger partial charge in [0.1, 0.15) is 22.2 Å². The van der Waals surface area contributed by atoms with Crippen LogP contribution in [0.3, 0.4) is 0 Å². The molecule has 11 heteroatoms. The Hall–Kier alpha value is -4.77. The molecule has 9 nitrogen and oxygen atoms in total. The SMILES string of the molecule is CCOc1c2c(c(OCC)c3ccccc13)C(=O)N(c1ccc(CC(=O)NS(=O)(=O)c3ccccc3F)cc1)C2=O. The van der Waals surface area contributed by atoms with Crippen LogP contribution in [0.25, 0.3) is 10.8 Å². The molecule has 1 aliphatic rings. The van der Waals surface area contributed by atoms with Gasteiger partial charge in [-0.3, -0.25) is 14.4 Å². The second kappa shape index (κ2) is 11.0. The Morgan fingerprint density at radius 2 is 1.32 bits per heavy atom. The average Bonchev–Trinajstić information content (AvgIpc) is 3.20. The fourth-order valence-corrected chi connectivity index (χ4v) is 5.84. The molecule has 1 heterocycles. The summed E-state index contributed by atoms with van der Waals surface area (Å²) in [5, 5.41) is 1.29. The third-order valence-corrected chi connectivity index (χ3v) is 7.87. The molecule has 41 heavy (non-hydrogen) atoms. The zero-order valence-corrected chi connectivity index (χ0v) is 23.0. The van der Waals surface area contributed by atoms with Crippen molar-refractivity contribution >= 4 is 44.2 Å². The number of imide groups is 1. The summed E-state index contributed by atoms with van der Waals surface area (Å²) in [4.78, 5) is 40.2. The molecule has 0 radical (unpaired) electrons. The van der Waals surface area contributed by atoms with E-state index in [1.165, 1.54) is 36.4 Å². The van der Waals surface area contributed by atoms with Crippen LogP contribution in [0.5, 0.6) is 11.5 Å². The summed E-state index contributed by atoms with van der Waals surface area (Å²) in [7, 11) is -4.41. The number of hydrogen-bond donors (Lipinski definition) is 1. The van der Waals surface area contributed by atoms with Gasteiger partial charge in [-0.15, -0.1) is 0 Å². The van der Waals surface area contributed by atoms with Crippen LogP contribution in [0, 0.1) is 5.82 Å². The van der Waals surface area contributed by atoms with Gasteiger partial charge in [0.05, 0.1) is 36.4 Å². The first-order chi connectivity index (χ1) is 19.7. The minimum Gasteiger partial charge on any atom is -0.492 e. The van der Waals surface area contributed by atoms with Crippen LogP contribution in [0.2, 0.25) is 0 Å². The van der Waals surface area contributed by atoms with E-state index >= 15 is 0 Å². The molecule has 4 aromatic rings. The lowest BCUT2D eigenvalue weighted by Gasteiger charge is -2.15. The van der Waals surface area contributed by atoms with Crippen molar-refractivity contribution in [1.29, 1.82) is 0 Å². The molecule has 1 aliphatic heterocycles. The summed E-state index contributed by atoms with van der Waals surface area (Å²) in [6.07, 6.45) is -0.343. The first-order valence-electron chi connectivity index (χ1n) is 12.8. The maximum absolute atomic E-state index is 13.9. The zero-order chi connectivity index (χ0) is 29.3. The first kappa shape index (κ1) is 27.8. The predicted molar refractivity (Wildman–Crippen MR) is 149 cm³/mol. The van der Waals surface area contributed by atoms with Gasteiger partial charge in [0.25, 0.3) is 21.8 Å². The molecule has 0 unspecified atom stereocenters. The van der Waals surface area contributed by atoms with Crippen LogP contribution < -0.4 is 19.1 Å². The molecule has 0 saturated carbocycles. The van der Waals surface area contributed by atoms with Crippen LogP contribution >= 0.6 is 0 Å². The van der Waals surface area contributed by atoms with Crippen molar-refractivity contribution in [3.05, 3.63) is 95.3 Å². The third kappa shape index (κ3) is 5.00. The van der Waals surface area contributed by atoms with Crippen molar-refractivity contribution in [2.75, 3.05) is 18.1 Å². The molecule has 0 spiro atoms. The molecule has 0 aromatic heterocycles. The third-order valence-electron chi connectivity index (χ3n) is 6.47. The molecule has 0 fully saturated rings. The van der Waals surface area contributed by atoms with E-state index in [4.69, 9.17) is 9.47 Å². The number of sulfonamides is 1. The summed E-state index contributed by atoms with van der Waals surface area (Å²) in [6.45, 7) is 4.12. The van der Waals surface area contributed by atoms with E-state index in [9.17, 15) is 27.2 Å². The van der Waals surface area contributed by atoms with E-state index in [2.05, 4.69) is 0 Å². The summed E-state index contributed by atoms with van der Waals surface area (Å²) < 4.78 is 52.4. The molecule has 1 N–H and O–H groups in total. The van der Waals surface area contributed by atoms with Crippen molar-refractivity contribution in [3.8, 4) is 11.5 Å². The number of carbonyl (C=O) groups is 3. The van der Waals surface area contributed by atoms with Gasteiger partial charge in [-0.2, -0.15) is 0 Å². The smallest absolute Gasteiger partial charge is 0.270 e. The maximum Gasteiger partial charge on any atom is 0.270 e. The molecular weight excluding hydrogens is 551 g/mol. The highest BCUT2D eigenvalue weighted by Crippen LogP contribution is 2.46. The molecule has 210 valence electrons. The van der Waals surface area contributed by atoms with Gasteiger partial charge in [-0.25, -0.2) is 22.4 Å². The molecule has 0 atom stereocenters. The summed E-state index contributed by atoms with van der Waals surface area (Å²) in [6, 6.07) is 17.9. The predicted octanol–water partition coefficient (Wildman–Crippen LogP) is 4.62. The van der Waals surface area contributed by atoms with E-state index in [-0.39, 0.29) is 36.4 Å². The van der Waals surface area contributed by atoms with E-state index in [1.54, 1.807) is 26.0 Å². The number of rotatable bonds is 9. The number of fused-ring (bicyclic) bond motifs is 2. The van der Waals surface area contributed by atoms with Crippen molar-refractivity contribution in [1.82, 2.24) is 4.72 Å². The van der Waals surface area contributed by atoms with Crippen LogP contribution in [-0.2, 0) is 21.2 Å². The van der Waals surface area contributed by atoms with Gasteiger partial charge in [0.2, 0.25) is 5.91 Å². The lowest BCUT2D eigenvalue weighted by atomic mass is 9.99. The Morgan fingerprint density at radius 1 is 0.805 bits per heavy atom. The average molecular weight is 577 g/mol. The number of carbonyl (C=O) groups excluding carboxylic acids is 3. The number of hydrogen-bond acceptors (Lipinski definition) is 7. The fraction of sp³-hybridized carbons (Fsp3) is 0.167. The first-order valence-corrected chi connectivity index (χ1v) is 14.3. The number of nitrogens with one attached hydrogen (secondary N) is 1. The largest absolute Gasteiger partial charge is 0.492 e. The van der Waals surface area contributed by atoms with E-state index < -0.39 is 38.5 Å². The summed E-state index contributed by atoms with van der Waals surface area (Å²) in [5.41, 5.74) is 0.872. The Labute approximate surface area is 235 Å². The van der Waals surface area contributed by atoms with Crippen molar-refractivity contribution < 1.29 is 36.7 Å². The molecule has 3 amide bonds. The molecule has 5 rings (SSSR count). The lowest BCUT2D eigenvalue weighted by Crippen LogP contribution is -2.32. The highest BCUT2D eigenvalue weighted by Gasteiger charge is 2.43. The van der Waals surface area contributed by atoms with Gasteiger partial charge >= 0.3 is 0 Å². The number of amides is 3. The van der Waals surface area contributed by atoms with Gasteiger partial charge < -0.3 is 9.47 Å². The van der Waals surface area contributed by atoms with Crippen LogP contribution in [-0.4, -0.2) is 39.4 Å². The van der Waals surface area contributed by atoms with E-state index in [1.807, 2.05) is 16.9 Å². The van der Waals surface area contributed by atoms with Crippen LogP contribution in [0.4, 0.5) is 10.1 Å². The Bertz CT molecular complexity index is 1740. The van der Waals surface area contributed by atoms with Crippen LogP contribution in [0.1, 0.15) is 40.1 Å². The molecule has 4 aromatic carbocycles. The monoisotopic (exact) mass is 576 g/mol. The Morgan fingerprint density at radius 3 is 1.83 bits per heavy atom. The second-order valence-corrected chi connectivity index (χ2v) is 10.7. The number of nitrogens with zero attached hydrogens (tertiary/aromatic N) is 1. The second-order valence-electron chi connectivity index (χ2n) is 9.07. The standard InChI is InChI=1S/C30H25FN2O7S/c1-3-39-27-20-9-5-6-10-21(20)28(40-4-2)26-25(27)29(35)33(30(26)36)19-15-13-18(14-16-19)17-24(34)32-41(37,38)23-12-8-7-11-22(23)31/h5-16H,3-4,17H2,1-2H3,(H,32,34). The molecular formula is C30H25FN2O7S. The quantitative estimate of drug-likeness (QED) is 0.289. The minimum absolute atomic E-state index is 0.112. The number of halogens is 1. The number of anilines is 1. The fourth-order valence-electron chi connectivity index (χ4n) is 4.77. The highest BCUT2D eigenvalue weighted by atomic mass is 32.2. The molecule has 0 saturated heterocycles. The minimum atomic E-state index is -4.41. The topological polar surface area (TPSA) is 119 Å². The normalized spacial score (nSPS) is 12.9. The van der Waals surface area contributed by atoms with Crippen molar-refractivity contribution in [2.24, 2.45) is 0 Å². The highest BCUT2D eigenvalue weighted by molar-refractivity contribution is 7.90. The zero-order valence-electron chi connectivity index (χ0n) is 22.1. The number of ether oxygens (including phenoxy) is 2. The lowest BCUT2D eigenvalue weighted by molar-refractivity contribution is -0.118. The summed E-state index contributed by atoms with van der Waals surface area (Å²) in [5.74, 6) is -2.43. The van der Waals surface area contributed by atoms with Gasteiger partial charge in [0, 0.05) is 10.8 Å². The summed E-state index contributed by atoms with van der Waals surface area (Å²) >= 11 is 0. The van der Waals surface area contributed by atoms with Gasteiger partial charge in [-0.1, -0.05) is 48.5 Å². The molecule has 0 aliphatic carbocycles. The van der Waals surface area contributed by atoms with Crippen molar-refractivity contribution in [3.63, 3.8) is 0 Å². The van der Waals surface area contributed by atoms with Crippen molar-refractivity contribution in [2.45, 2.75) is 25.2 Å².